The van der Waals surface area contributed by atoms with Gasteiger partial charge in [0.2, 0.25) is 0 Å². The molecule has 0 bridgehead atoms. The Kier molecular flexibility index (Phi) is 6.67. The Bertz CT molecular complexity index is 821. The van der Waals surface area contributed by atoms with Gasteiger partial charge in [0.1, 0.15) is 0 Å². The molecule has 0 spiro atoms. The van der Waals surface area contributed by atoms with Crippen LogP contribution in [-0.4, -0.2) is 36.5 Å². The smallest absolute Gasteiger partial charge is 0.0611 e. The van der Waals surface area contributed by atoms with E-state index in [2.05, 4.69) is 5.32 Å². The lowest BCUT2D eigenvalue weighted by Crippen LogP contribution is -2.39. The van der Waals surface area contributed by atoms with Gasteiger partial charge in [-0.15, -0.1) is 0 Å². The van der Waals surface area contributed by atoms with Crippen LogP contribution in [0.1, 0.15) is 128 Å². The van der Waals surface area contributed by atoms with Gasteiger partial charge >= 0.3 is 0 Å². The Hall–Kier alpha value is -0.120. The summed E-state index contributed by atoms with van der Waals surface area (Å²) in [6.45, 7) is 0. The minimum Gasteiger partial charge on any atom is -0.374 e. The minimum absolute atomic E-state index is 0.631. The van der Waals surface area contributed by atoms with Crippen molar-refractivity contribution in [2.75, 3.05) is 0 Å². The zero-order valence-electron chi connectivity index (χ0n) is 24.7. The average Bonchev–Trinajstić information content (AvgIpc) is 3.66. The molecule has 39 heavy (non-hydrogen) atoms. The fraction of sp³-hybridized carbons (Fsp3) is 1.00. The van der Waals surface area contributed by atoms with Crippen molar-refractivity contribution in [2.24, 2.45) is 59.2 Å². The second kappa shape index (κ2) is 10.3. The predicted molar refractivity (Wildman–Crippen MR) is 155 cm³/mol. The molecule has 16 unspecified atom stereocenters. The van der Waals surface area contributed by atoms with E-state index in [1.165, 1.54) is 116 Å². The molecular weight excluding hydrogens is 478 g/mol. The van der Waals surface area contributed by atoms with Crippen LogP contribution in [-0.2, 0) is 9.47 Å². The van der Waals surface area contributed by atoms with Crippen molar-refractivity contribution in [1.29, 1.82) is 0 Å². The van der Waals surface area contributed by atoms with Crippen LogP contribution in [0.15, 0.2) is 0 Å². The molecule has 3 aliphatic heterocycles. The van der Waals surface area contributed by atoms with Crippen molar-refractivity contribution >= 4 is 0 Å². The van der Waals surface area contributed by atoms with Gasteiger partial charge in [0.15, 0.2) is 0 Å². The number of rotatable bonds is 2. The van der Waals surface area contributed by atoms with Gasteiger partial charge in [-0.05, 0) is 162 Å². The molecule has 0 aromatic carbocycles. The predicted octanol–water partition coefficient (Wildman–Crippen LogP) is 7.91. The van der Waals surface area contributed by atoms with Gasteiger partial charge in [0.25, 0.3) is 0 Å². The lowest BCUT2D eigenvalue weighted by Gasteiger charge is -2.45. The van der Waals surface area contributed by atoms with Crippen molar-refractivity contribution in [3.05, 3.63) is 0 Å². The molecule has 3 heterocycles. The van der Waals surface area contributed by atoms with Gasteiger partial charge in [-0.2, -0.15) is 0 Å². The highest BCUT2D eigenvalue weighted by molar-refractivity contribution is 5.06. The van der Waals surface area contributed by atoms with Crippen LogP contribution >= 0.6 is 0 Å². The fourth-order valence-electron chi connectivity index (χ4n) is 13.5. The lowest BCUT2D eigenvalue weighted by molar-refractivity contribution is -0.0103. The van der Waals surface area contributed by atoms with Gasteiger partial charge in [0, 0.05) is 12.1 Å². The van der Waals surface area contributed by atoms with E-state index in [1.807, 2.05) is 0 Å². The second-order valence-corrected chi connectivity index (χ2v) is 16.7. The summed E-state index contributed by atoms with van der Waals surface area (Å²) in [6, 6.07) is 1.71. The highest BCUT2D eigenvalue weighted by Crippen LogP contribution is 2.56. The first kappa shape index (κ1) is 25.4. The van der Waals surface area contributed by atoms with Crippen molar-refractivity contribution in [2.45, 2.75) is 165 Å². The van der Waals surface area contributed by atoms with Crippen LogP contribution in [0.25, 0.3) is 0 Å². The maximum Gasteiger partial charge on any atom is 0.0611 e. The maximum absolute atomic E-state index is 6.65. The summed E-state index contributed by atoms with van der Waals surface area (Å²) in [7, 11) is 0. The molecule has 0 radical (unpaired) electrons. The first-order chi connectivity index (χ1) is 19.3. The third-order valence-corrected chi connectivity index (χ3v) is 15.2. The van der Waals surface area contributed by atoms with E-state index >= 15 is 0 Å². The van der Waals surface area contributed by atoms with Crippen LogP contribution in [0.2, 0.25) is 0 Å². The Morgan fingerprint density at radius 2 is 0.718 bits per heavy atom. The van der Waals surface area contributed by atoms with E-state index in [4.69, 9.17) is 9.47 Å². The molecule has 0 aromatic rings. The number of hydrogen-bond acceptors (Lipinski definition) is 3. The fourth-order valence-corrected chi connectivity index (χ4v) is 13.5. The van der Waals surface area contributed by atoms with Crippen LogP contribution in [0.4, 0.5) is 0 Å². The number of nitrogens with one attached hydrogen (secondary N) is 1. The summed E-state index contributed by atoms with van der Waals surface area (Å²) in [5.74, 6) is 9.71. The first-order valence-corrected chi connectivity index (χ1v) is 18.4. The van der Waals surface area contributed by atoms with Crippen molar-refractivity contribution in [3.63, 3.8) is 0 Å². The lowest BCUT2D eigenvalue weighted by atomic mass is 9.60. The van der Waals surface area contributed by atoms with Crippen molar-refractivity contribution in [3.8, 4) is 0 Å². The Morgan fingerprint density at radius 1 is 0.333 bits per heavy atom. The van der Waals surface area contributed by atoms with E-state index in [0.29, 0.717) is 24.4 Å². The summed E-state index contributed by atoms with van der Waals surface area (Å²) < 4.78 is 13.3. The molecule has 9 fully saturated rings. The molecule has 218 valence electrons. The molecule has 16 atom stereocenters. The molecule has 9 aliphatic rings. The molecule has 0 aromatic heterocycles. The van der Waals surface area contributed by atoms with Crippen LogP contribution in [0, 0.1) is 59.2 Å². The van der Waals surface area contributed by atoms with Crippen LogP contribution < -0.4 is 5.32 Å². The van der Waals surface area contributed by atoms with Gasteiger partial charge in [-0.25, -0.2) is 0 Å². The first-order valence-electron chi connectivity index (χ1n) is 18.4. The van der Waals surface area contributed by atoms with Gasteiger partial charge < -0.3 is 14.8 Å². The molecule has 6 aliphatic carbocycles. The SMILES string of the molecule is C1CCC2C(C1)OC1CCC(C3CCC4NC5CCC(C6CCC7OC8CCCCC8C7C6)CC5C4C3)CC12. The Morgan fingerprint density at radius 3 is 1.21 bits per heavy atom. The third-order valence-electron chi connectivity index (χ3n) is 15.2. The summed E-state index contributed by atoms with van der Waals surface area (Å²) in [4.78, 5) is 0. The summed E-state index contributed by atoms with van der Waals surface area (Å²) in [5.41, 5.74) is 0. The number of fused-ring (bicyclic) bond motifs is 9. The zero-order chi connectivity index (χ0) is 25.5. The van der Waals surface area contributed by atoms with E-state index < -0.39 is 0 Å². The van der Waals surface area contributed by atoms with Crippen molar-refractivity contribution in [1.82, 2.24) is 5.32 Å². The minimum atomic E-state index is 0.631. The van der Waals surface area contributed by atoms with Gasteiger partial charge in [-0.3, -0.25) is 0 Å². The summed E-state index contributed by atoms with van der Waals surface area (Å²) >= 11 is 0. The topological polar surface area (TPSA) is 30.5 Å². The number of ether oxygens (including phenoxy) is 2. The molecule has 1 N–H and O–H groups in total. The Balaban J connectivity index is 0.852. The molecule has 3 saturated heterocycles. The quantitative estimate of drug-likeness (QED) is 0.390. The largest absolute Gasteiger partial charge is 0.374 e. The van der Waals surface area contributed by atoms with E-state index in [0.717, 1.165) is 71.3 Å². The second-order valence-electron chi connectivity index (χ2n) is 16.7. The van der Waals surface area contributed by atoms with Gasteiger partial charge in [0.05, 0.1) is 24.4 Å². The monoisotopic (exact) mass is 535 g/mol. The highest BCUT2D eigenvalue weighted by atomic mass is 16.5. The average molecular weight is 536 g/mol. The molecule has 0 amide bonds. The van der Waals surface area contributed by atoms with E-state index in [9.17, 15) is 0 Å². The van der Waals surface area contributed by atoms with Crippen LogP contribution in [0.3, 0.4) is 0 Å². The summed E-state index contributed by atoms with van der Waals surface area (Å²) in [5, 5.41) is 4.25. The number of hydrogen-bond donors (Lipinski definition) is 1. The third kappa shape index (κ3) is 4.35. The molecule has 6 saturated carbocycles. The maximum atomic E-state index is 6.65. The van der Waals surface area contributed by atoms with E-state index in [-0.39, 0.29) is 0 Å². The molecule has 3 nitrogen and oxygen atoms in total. The summed E-state index contributed by atoms with van der Waals surface area (Å²) in [6.07, 6.45) is 31.9. The molecule has 3 heteroatoms. The zero-order valence-corrected chi connectivity index (χ0v) is 24.7. The highest BCUT2D eigenvalue weighted by Gasteiger charge is 2.54. The molecule has 9 rings (SSSR count). The van der Waals surface area contributed by atoms with Gasteiger partial charge in [-0.1, -0.05) is 25.7 Å². The van der Waals surface area contributed by atoms with Crippen molar-refractivity contribution < 1.29 is 9.47 Å². The standard InChI is InChI=1S/C36H57NO2/c1-3-7-33-25(5-1)29-19-23(11-15-35(29)38-33)21-9-13-31-27(17-21)28-18-22(10-14-32(28)37-31)24-12-16-36-30(20-24)26-6-2-4-8-34(26)39-36/h21-37H,1-20H2. The van der Waals surface area contributed by atoms with Crippen LogP contribution in [0.5, 0.6) is 0 Å². The molecular formula is C36H57NO2. The van der Waals surface area contributed by atoms with E-state index in [1.54, 1.807) is 12.8 Å². The normalized spacial score (nSPS) is 58.5. The Labute approximate surface area is 238 Å².